The average Bonchev–Trinajstić information content (AvgIpc) is 3.08. The lowest BCUT2D eigenvalue weighted by molar-refractivity contribution is 0.971. The third-order valence-electron chi connectivity index (χ3n) is 3.89. The quantitative estimate of drug-likeness (QED) is 0.442. The summed E-state index contributed by atoms with van der Waals surface area (Å²) in [5.74, 6) is 1.61. The highest BCUT2D eigenvalue weighted by atomic mass is 35.5. The molecule has 7 heteroatoms. The van der Waals surface area contributed by atoms with Crippen LogP contribution in [0.1, 0.15) is 17.2 Å². The molecule has 1 aromatic heterocycles. The van der Waals surface area contributed by atoms with Crippen molar-refractivity contribution in [2.45, 2.75) is 6.42 Å². The Morgan fingerprint density at radius 3 is 2.67 bits per heavy atom. The zero-order valence-corrected chi connectivity index (χ0v) is 16.0. The molecule has 0 fully saturated rings. The summed E-state index contributed by atoms with van der Waals surface area (Å²) >= 11 is 5.94. The standard InChI is InChI=1S/C20H21ClN6/c1-27(2)17-8-6-14(7-9-17)12-20-24-19(25-26-20)11-10-18(22)23-16-5-3-4-15(21)13-16/h3-11,13H,12H2,1-2H3,(H2,22,23)(H,24,25,26)/b11-10-. The third kappa shape index (κ3) is 5.43. The Bertz CT molecular complexity index is 943. The number of benzene rings is 2. The van der Waals surface area contributed by atoms with Gasteiger partial charge in [-0.25, -0.2) is 0 Å². The van der Waals surface area contributed by atoms with Gasteiger partial charge < -0.3 is 15.2 Å². The molecule has 0 saturated carbocycles. The van der Waals surface area contributed by atoms with Crippen LogP contribution in [0.4, 0.5) is 11.4 Å². The fraction of sp³-hybridized carbons (Fsp3) is 0.150. The molecular weight excluding hydrogens is 360 g/mol. The van der Waals surface area contributed by atoms with Crippen LogP contribution >= 0.6 is 11.6 Å². The van der Waals surface area contributed by atoms with E-state index >= 15 is 0 Å². The minimum absolute atomic E-state index is 0.231. The van der Waals surface area contributed by atoms with Gasteiger partial charge in [0.15, 0.2) is 5.82 Å². The molecule has 0 unspecified atom stereocenters. The summed E-state index contributed by atoms with van der Waals surface area (Å²) in [4.78, 5) is 5.23. The molecule has 0 bridgehead atoms. The van der Waals surface area contributed by atoms with Crippen LogP contribution in [0.25, 0.3) is 6.08 Å². The van der Waals surface area contributed by atoms with E-state index < -0.39 is 0 Å². The molecule has 0 spiro atoms. The monoisotopic (exact) mass is 380 g/mol. The minimum atomic E-state index is 0.231. The van der Waals surface area contributed by atoms with Gasteiger partial charge in [0.25, 0.3) is 0 Å². The molecule has 0 radical (unpaired) electrons. The molecule has 0 aliphatic rings. The first-order chi connectivity index (χ1) is 13.0. The Kier molecular flexibility index (Phi) is 5.88. The molecule has 2 aromatic carbocycles. The molecule has 3 N–H and O–H groups in total. The molecule has 0 aliphatic heterocycles. The van der Waals surface area contributed by atoms with E-state index in [4.69, 9.17) is 17.0 Å². The normalized spacial score (nSPS) is 10.9. The van der Waals surface area contributed by atoms with E-state index in [1.54, 1.807) is 24.3 Å². The van der Waals surface area contributed by atoms with Crippen LogP contribution in [0.3, 0.4) is 0 Å². The third-order valence-corrected chi connectivity index (χ3v) is 4.12. The smallest absolute Gasteiger partial charge is 0.154 e. The number of halogens is 1. The first-order valence-corrected chi connectivity index (χ1v) is 8.84. The fourth-order valence-electron chi connectivity index (χ4n) is 2.50. The highest BCUT2D eigenvalue weighted by Crippen LogP contribution is 2.15. The molecule has 0 atom stereocenters. The van der Waals surface area contributed by atoms with E-state index in [-0.39, 0.29) is 5.84 Å². The lowest BCUT2D eigenvalue weighted by Gasteiger charge is -2.12. The largest absolute Gasteiger partial charge is 0.378 e. The number of rotatable bonds is 6. The second-order valence-corrected chi connectivity index (χ2v) is 6.71. The second-order valence-electron chi connectivity index (χ2n) is 6.28. The van der Waals surface area contributed by atoms with Crippen molar-refractivity contribution in [2.24, 2.45) is 0 Å². The van der Waals surface area contributed by atoms with Crippen molar-refractivity contribution in [1.82, 2.24) is 15.2 Å². The fourth-order valence-corrected chi connectivity index (χ4v) is 2.69. The van der Waals surface area contributed by atoms with Crippen LogP contribution in [0.15, 0.2) is 54.6 Å². The van der Waals surface area contributed by atoms with Crippen LogP contribution in [-0.4, -0.2) is 35.1 Å². The average molecular weight is 381 g/mol. The van der Waals surface area contributed by atoms with Crippen molar-refractivity contribution in [3.05, 3.63) is 76.8 Å². The van der Waals surface area contributed by atoms with Crippen molar-refractivity contribution < 1.29 is 0 Å². The van der Waals surface area contributed by atoms with Gasteiger partial charge >= 0.3 is 0 Å². The van der Waals surface area contributed by atoms with Crippen molar-refractivity contribution in [3.8, 4) is 0 Å². The molecular formula is C20H21ClN6. The molecule has 27 heavy (non-hydrogen) atoms. The van der Waals surface area contributed by atoms with Crippen molar-refractivity contribution >= 4 is 34.9 Å². The predicted molar refractivity (Wildman–Crippen MR) is 112 cm³/mol. The van der Waals surface area contributed by atoms with Crippen LogP contribution < -0.4 is 10.2 Å². The molecule has 0 saturated heterocycles. The summed E-state index contributed by atoms with van der Waals surface area (Å²) in [5, 5.41) is 19.8. The number of hydrogen-bond donors (Lipinski definition) is 3. The molecule has 138 valence electrons. The maximum atomic E-state index is 7.98. The number of nitrogens with zero attached hydrogens (tertiary/aromatic N) is 3. The van der Waals surface area contributed by atoms with E-state index in [2.05, 4.69) is 49.7 Å². The van der Waals surface area contributed by atoms with Gasteiger partial charge in [-0.05, 0) is 48.0 Å². The highest BCUT2D eigenvalue weighted by Gasteiger charge is 2.03. The molecule has 0 amide bonds. The number of hydrogen-bond acceptors (Lipinski definition) is 4. The van der Waals surface area contributed by atoms with Gasteiger partial charge in [0.1, 0.15) is 11.7 Å². The van der Waals surface area contributed by atoms with Gasteiger partial charge in [-0.3, -0.25) is 5.41 Å². The van der Waals surface area contributed by atoms with Crippen molar-refractivity contribution in [2.75, 3.05) is 24.3 Å². The highest BCUT2D eigenvalue weighted by molar-refractivity contribution is 6.30. The van der Waals surface area contributed by atoms with E-state index in [0.29, 0.717) is 17.3 Å². The topological polar surface area (TPSA) is 80.7 Å². The minimum Gasteiger partial charge on any atom is -0.378 e. The maximum Gasteiger partial charge on any atom is 0.154 e. The molecule has 3 aromatic rings. The van der Waals surface area contributed by atoms with E-state index in [0.717, 1.165) is 22.8 Å². The SMILES string of the molecule is CN(C)c1ccc(Cc2nnc(/C=C\C(=N)Nc3cccc(Cl)c3)[nH]2)cc1. The molecule has 6 nitrogen and oxygen atoms in total. The number of aromatic nitrogens is 3. The summed E-state index contributed by atoms with van der Waals surface area (Å²) in [5.41, 5.74) is 3.07. The number of aromatic amines is 1. The molecule has 3 rings (SSSR count). The summed E-state index contributed by atoms with van der Waals surface area (Å²) in [7, 11) is 4.03. The lowest BCUT2D eigenvalue weighted by Crippen LogP contribution is -2.08. The Morgan fingerprint density at radius 1 is 1.19 bits per heavy atom. The van der Waals surface area contributed by atoms with Gasteiger partial charge in [-0.15, -0.1) is 10.2 Å². The van der Waals surface area contributed by atoms with Gasteiger partial charge in [0, 0.05) is 36.9 Å². The Morgan fingerprint density at radius 2 is 1.96 bits per heavy atom. The first kappa shape index (κ1) is 18.7. The summed E-state index contributed by atoms with van der Waals surface area (Å²) < 4.78 is 0. The van der Waals surface area contributed by atoms with Crippen molar-refractivity contribution in [3.63, 3.8) is 0 Å². The molecule has 1 heterocycles. The van der Waals surface area contributed by atoms with Crippen LogP contribution in [0.2, 0.25) is 5.02 Å². The Balaban J connectivity index is 1.58. The van der Waals surface area contributed by atoms with Crippen molar-refractivity contribution in [1.29, 1.82) is 5.41 Å². The van der Waals surface area contributed by atoms with E-state index in [1.165, 1.54) is 0 Å². The van der Waals surface area contributed by atoms with Crippen LogP contribution in [0, 0.1) is 5.41 Å². The number of amidine groups is 1. The van der Waals surface area contributed by atoms with E-state index in [1.807, 2.05) is 26.2 Å². The number of anilines is 2. The van der Waals surface area contributed by atoms with Gasteiger partial charge in [-0.2, -0.15) is 0 Å². The Labute approximate surface area is 163 Å². The maximum absolute atomic E-state index is 7.98. The number of H-pyrrole nitrogens is 1. The lowest BCUT2D eigenvalue weighted by atomic mass is 10.1. The predicted octanol–water partition coefficient (Wildman–Crippen LogP) is 4.22. The van der Waals surface area contributed by atoms with E-state index in [9.17, 15) is 0 Å². The van der Waals surface area contributed by atoms with Gasteiger partial charge in [0.2, 0.25) is 0 Å². The molecule has 0 aliphatic carbocycles. The number of nitrogens with one attached hydrogen (secondary N) is 3. The van der Waals surface area contributed by atoms with Crippen LogP contribution in [-0.2, 0) is 6.42 Å². The van der Waals surface area contributed by atoms with Crippen LogP contribution in [0.5, 0.6) is 0 Å². The first-order valence-electron chi connectivity index (χ1n) is 8.46. The summed E-state index contributed by atoms with van der Waals surface area (Å²) in [6.45, 7) is 0. The summed E-state index contributed by atoms with van der Waals surface area (Å²) in [6, 6.07) is 15.5. The zero-order chi connectivity index (χ0) is 19.2. The Hall–Kier alpha value is -3.12. The zero-order valence-electron chi connectivity index (χ0n) is 15.2. The summed E-state index contributed by atoms with van der Waals surface area (Å²) in [6.07, 6.45) is 4.01. The van der Waals surface area contributed by atoms with Gasteiger partial charge in [-0.1, -0.05) is 29.8 Å². The second kappa shape index (κ2) is 8.51. The van der Waals surface area contributed by atoms with Gasteiger partial charge in [0.05, 0.1) is 0 Å².